The van der Waals surface area contributed by atoms with Crippen molar-refractivity contribution in [2.24, 2.45) is 5.10 Å². The van der Waals surface area contributed by atoms with E-state index in [1.165, 1.54) is 11.3 Å². The quantitative estimate of drug-likeness (QED) is 0.479. The number of hydrogen-bond donors (Lipinski definition) is 2. The first-order valence-electron chi connectivity index (χ1n) is 8.08. The first-order valence-corrected chi connectivity index (χ1v) is 9.34. The Morgan fingerprint density at radius 1 is 0.926 bits per heavy atom. The van der Waals surface area contributed by atoms with Gasteiger partial charge in [0.05, 0.1) is 10.6 Å². The lowest BCUT2D eigenvalue weighted by atomic mass is 10.1. The lowest BCUT2D eigenvalue weighted by Crippen LogP contribution is -2.18. The van der Waals surface area contributed by atoms with Gasteiger partial charge in [0, 0.05) is 16.3 Å². The molecule has 7 heteroatoms. The number of thiophene rings is 1. The number of anilines is 1. The van der Waals surface area contributed by atoms with E-state index in [-0.39, 0.29) is 11.8 Å². The van der Waals surface area contributed by atoms with Gasteiger partial charge in [-0.05, 0) is 60.3 Å². The molecule has 0 aliphatic rings. The van der Waals surface area contributed by atoms with Crippen molar-refractivity contribution in [1.29, 1.82) is 0 Å². The van der Waals surface area contributed by atoms with Gasteiger partial charge in [0.15, 0.2) is 0 Å². The minimum Gasteiger partial charge on any atom is -0.322 e. The molecule has 0 aliphatic carbocycles. The van der Waals surface area contributed by atoms with Gasteiger partial charge >= 0.3 is 0 Å². The third kappa shape index (κ3) is 5.03. The molecule has 1 heterocycles. The van der Waals surface area contributed by atoms with Crippen molar-refractivity contribution < 1.29 is 9.59 Å². The van der Waals surface area contributed by atoms with Gasteiger partial charge in [-0.2, -0.15) is 5.10 Å². The molecule has 2 N–H and O–H groups in total. The number of amides is 2. The fourth-order valence-electron chi connectivity index (χ4n) is 2.26. The molecular formula is C20H16ClN3O2S. The van der Waals surface area contributed by atoms with E-state index in [9.17, 15) is 9.59 Å². The van der Waals surface area contributed by atoms with Gasteiger partial charge in [-0.25, -0.2) is 5.43 Å². The third-order valence-corrected chi connectivity index (χ3v) is 4.86. The number of halogens is 1. The second-order valence-electron chi connectivity index (χ2n) is 5.65. The zero-order chi connectivity index (χ0) is 19.2. The van der Waals surface area contributed by atoms with E-state index >= 15 is 0 Å². The molecule has 27 heavy (non-hydrogen) atoms. The van der Waals surface area contributed by atoms with Crippen molar-refractivity contribution in [1.82, 2.24) is 5.43 Å². The average Bonchev–Trinajstić information content (AvgIpc) is 3.22. The van der Waals surface area contributed by atoms with E-state index in [0.29, 0.717) is 26.9 Å². The smallest absolute Gasteiger partial charge is 0.281 e. The van der Waals surface area contributed by atoms with E-state index in [0.717, 1.165) is 5.56 Å². The number of nitrogens with one attached hydrogen (secondary N) is 2. The lowest BCUT2D eigenvalue weighted by molar-refractivity contribution is 0.0958. The Bertz CT molecular complexity index is 965. The molecule has 0 fully saturated rings. The Balaban J connectivity index is 1.62. The van der Waals surface area contributed by atoms with Gasteiger partial charge in [0.25, 0.3) is 11.8 Å². The number of hydrazone groups is 1. The molecule has 0 atom stereocenters. The summed E-state index contributed by atoms with van der Waals surface area (Å²) in [5, 5.41) is 9.36. The Labute approximate surface area is 165 Å². The molecule has 3 aromatic rings. The highest BCUT2D eigenvalue weighted by molar-refractivity contribution is 7.12. The van der Waals surface area contributed by atoms with E-state index in [2.05, 4.69) is 15.8 Å². The largest absolute Gasteiger partial charge is 0.322 e. The second kappa shape index (κ2) is 8.62. The molecule has 3 rings (SSSR count). The molecular weight excluding hydrogens is 382 g/mol. The second-order valence-corrected chi connectivity index (χ2v) is 7.04. The molecule has 0 spiro atoms. The number of benzene rings is 2. The summed E-state index contributed by atoms with van der Waals surface area (Å²) in [7, 11) is 0. The number of carbonyl (C=O) groups is 2. The van der Waals surface area contributed by atoms with Crippen molar-refractivity contribution in [2.45, 2.75) is 6.92 Å². The molecule has 136 valence electrons. The average molecular weight is 398 g/mol. The molecule has 5 nitrogen and oxygen atoms in total. The normalized spacial score (nSPS) is 11.1. The Kier molecular flexibility index (Phi) is 6.01. The van der Waals surface area contributed by atoms with E-state index < -0.39 is 0 Å². The summed E-state index contributed by atoms with van der Waals surface area (Å²) in [5.41, 5.74) is 5.22. The molecule has 2 amide bonds. The summed E-state index contributed by atoms with van der Waals surface area (Å²) in [6, 6.07) is 17.4. The molecule has 2 aromatic carbocycles. The highest BCUT2D eigenvalue weighted by Gasteiger charge is 2.07. The van der Waals surface area contributed by atoms with Crippen molar-refractivity contribution in [2.75, 3.05) is 5.32 Å². The maximum Gasteiger partial charge on any atom is 0.281 e. The summed E-state index contributed by atoms with van der Waals surface area (Å²) >= 11 is 7.19. The topological polar surface area (TPSA) is 70.6 Å². The Morgan fingerprint density at radius 3 is 2.22 bits per heavy atom. The minimum atomic E-state index is -0.240. The SMILES string of the molecule is CC(=NNC(=O)c1cccs1)c1ccc(NC(=O)c2ccc(Cl)cc2)cc1. The van der Waals surface area contributed by atoms with Crippen LogP contribution in [0, 0.1) is 0 Å². The summed E-state index contributed by atoms with van der Waals surface area (Å²) in [5.74, 6) is -0.454. The van der Waals surface area contributed by atoms with Crippen LogP contribution in [0.25, 0.3) is 0 Å². The van der Waals surface area contributed by atoms with Crippen molar-refractivity contribution >= 4 is 46.2 Å². The van der Waals surface area contributed by atoms with Crippen LogP contribution < -0.4 is 10.7 Å². The van der Waals surface area contributed by atoms with Crippen LogP contribution in [0.5, 0.6) is 0 Å². The Hall–Kier alpha value is -2.96. The van der Waals surface area contributed by atoms with Crippen LogP contribution in [0.3, 0.4) is 0 Å². The lowest BCUT2D eigenvalue weighted by Gasteiger charge is -2.07. The standard InChI is InChI=1S/C20H16ClN3O2S/c1-13(23-24-20(26)18-3-2-12-27-18)14-6-10-17(11-7-14)22-19(25)15-4-8-16(21)9-5-15/h2-12H,1H3,(H,22,25)(H,24,26). The molecule has 0 aliphatic heterocycles. The number of rotatable bonds is 5. The van der Waals surface area contributed by atoms with Crippen LogP contribution >= 0.6 is 22.9 Å². The van der Waals surface area contributed by atoms with Crippen LogP contribution in [-0.4, -0.2) is 17.5 Å². The summed E-state index contributed by atoms with van der Waals surface area (Å²) in [6.07, 6.45) is 0. The van der Waals surface area contributed by atoms with Gasteiger partial charge in [0.1, 0.15) is 0 Å². The fraction of sp³-hybridized carbons (Fsp3) is 0.0500. The molecule has 0 saturated heterocycles. The van der Waals surface area contributed by atoms with Gasteiger partial charge in [0.2, 0.25) is 0 Å². The van der Waals surface area contributed by atoms with Gasteiger partial charge in [-0.3, -0.25) is 9.59 Å². The molecule has 0 unspecified atom stereocenters. The van der Waals surface area contributed by atoms with Gasteiger partial charge < -0.3 is 5.32 Å². The predicted molar refractivity (Wildman–Crippen MR) is 110 cm³/mol. The van der Waals surface area contributed by atoms with Crippen LogP contribution in [0.2, 0.25) is 5.02 Å². The molecule has 0 bridgehead atoms. The molecule has 0 radical (unpaired) electrons. The summed E-state index contributed by atoms with van der Waals surface area (Å²) in [4.78, 5) is 24.7. The molecule has 1 aromatic heterocycles. The number of carbonyl (C=O) groups excluding carboxylic acids is 2. The summed E-state index contributed by atoms with van der Waals surface area (Å²) in [6.45, 7) is 1.80. The van der Waals surface area contributed by atoms with E-state index in [1.54, 1.807) is 49.4 Å². The van der Waals surface area contributed by atoms with Gasteiger partial charge in [-0.1, -0.05) is 29.8 Å². The van der Waals surface area contributed by atoms with Crippen molar-refractivity contribution in [3.63, 3.8) is 0 Å². The zero-order valence-corrected chi connectivity index (χ0v) is 16.0. The maximum atomic E-state index is 12.2. The number of nitrogens with zero attached hydrogens (tertiary/aromatic N) is 1. The molecule has 0 saturated carbocycles. The van der Waals surface area contributed by atoms with Gasteiger partial charge in [-0.15, -0.1) is 11.3 Å². The van der Waals surface area contributed by atoms with Crippen molar-refractivity contribution in [3.05, 3.63) is 87.1 Å². The minimum absolute atomic E-state index is 0.215. The van der Waals surface area contributed by atoms with Crippen molar-refractivity contribution in [3.8, 4) is 0 Å². The third-order valence-electron chi connectivity index (χ3n) is 3.74. The van der Waals surface area contributed by atoms with E-state index in [4.69, 9.17) is 11.6 Å². The Morgan fingerprint density at radius 2 is 1.59 bits per heavy atom. The fourth-order valence-corrected chi connectivity index (χ4v) is 3.00. The van der Waals surface area contributed by atoms with E-state index in [1.807, 2.05) is 23.6 Å². The first kappa shape index (κ1) is 18.8. The predicted octanol–water partition coefficient (Wildman–Crippen LogP) is 4.81. The summed E-state index contributed by atoms with van der Waals surface area (Å²) < 4.78 is 0. The maximum absolute atomic E-state index is 12.2. The highest BCUT2D eigenvalue weighted by atomic mass is 35.5. The monoisotopic (exact) mass is 397 g/mol. The van der Waals surface area contributed by atoms with Crippen LogP contribution in [-0.2, 0) is 0 Å². The first-order chi connectivity index (χ1) is 13.0. The van der Waals surface area contributed by atoms with Crippen LogP contribution in [0.4, 0.5) is 5.69 Å². The highest BCUT2D eigenvalue weighted by Crippen LogP contribution is 2.14. The zero-order valence-electron chi connectivity index (χ0n) is 14.4. The van der Waals surface area contributed by atoms with Crippen LogP contribution in [0.15, 0.2) is 71.1 Å². The number of hydrogen-bond acceptors (Lipinski definition) is 4. The van der Waals surface area contributed by atoms with Crippen LogP contribution in [0.1, 0.15) is 32.5 Å².